The van der Waals surface area contributed by atoms with Crippen LogP contribution in [0.4, 0.5) is 0 Å². The van der Waals surface area contributed by atoms with E-state index >= 15 is 0 Å². The summed E-state index contributed by atoms with van der Waals surface area (Å²) in [6, 6.07) is 15.9. The Morgan fingerprint density at radius 1 is 0.951 bits per heavy atom. The second-order valence-corrected chi connectivity index (χ2v) is 11.6. The van der Waals surface area contributed by atoms with Crippen LogP contribution < -0.4 is 0 Å². The molecule has 0 aliphatic heterocycles. The van der Waals surface area contributed by atoms with Crippen molar-refractivity contribution in [1.29, 1.82) is 0 Å². The molecule has 4 aromatic rings. The van der Waals surface area contributed by atoms with Gasteiger partial charge in [0.2, 0.25) is 0 Å². The van der Waals surface area contributed by atoms with Crippen LogP contribution in [0.2, 0.25) is 0 Å². The number of aliphatic hydroxyl groups excluding tert-OH is 1. The standard InChI is InChI=1S/C21H18NO.C15H28O2.Ir/c1-12-9-13(2)11-16(10-12)20-19-14(3)15(4)23-21(19)17-7-5-6-8-18(17)22-20;1-7-14(5,8-2)12(16)11-13(17)15(6,9-3)10-4;/h5-10H,1-4H3;11,16H,7-10H2,1-6H3;/q-1;;/b;12-11-;. The number of allylic oxidation sites excluding steroid dienone is 2. The molecule has 0 saturated heterocycles. The Morgan fingerprint density at radius 2 is 1.54 bits per heavy atom. The Hall–Kier alpha value is -2.75. The molecule has 1 N–H and O–H groups in total. The van der Waals surface area contributed by atoms with E-state index in [1.165, 1.54) is 11.6 Å². The first-order chi connectivity index (χ1) is 18.8. The van der Waals surface area contributed by atoms with E-state index < -0.39 is 0 Å². The zero-order chi connectivity index (χ0) is 29.8. The van der Waals surface area contributed by atoms with Gasteiger partial charge in [0.05, 0.1) is 5.52 Å². The van der Waals surface area contributed by atoms with Gasteiger partial charge < -0.3 is 9.52 Å². The van der Waals surface area contributed by atoms with Crippen LogP contribution in [0.15, 0.2) is 52.7 Å². The number of aliphatic hydroxyl groups is 1. The number of hydrogen-bond donors (Lipinski definition) is 1. The van der Waals surface area contributed by atoms with E-state index in [-0.39, 0.29) is 42.5 Å². The maximum atomic E-state index is 12.2. The number of para-hydroxylation sites is 1. The third-order valence-electron chi connectivity index (χ3n) is 9.01. The zero-order valence-electron chi connectivity index (χ0n) is 26.4. The average Bonchev–Trinajstić information content (AvgIpc) is 3.25. The van der Waals surface area contributed by atoms with Crippen LogP contribution in [0.5, 0.6) is 0 Å². The second kappa shape index (κ2) is 13.9. The topological polar surface area (TPSA) is 63.3 Å². The first kappa shape index (κ1) is 34.5. The summed E-state index contributed by atoms with van der Waals surface area (Å²) in [7, 11) is 0. The van der Waals surface area contributed by atoms with Gasteiger partial charge in [0.1, 0.15) is 17.1 Å². The minimum Gasteiger partial charge on any atom is -0.512 e. The molecule has 4 nitrogen and oxygen atoms in total. The fourth-order valence-electron chi connectivity index (χ4n) is 4.94. The molecule has 1 radical (unpaired) electrons. The maximum absolute atomic E-state index is 12.2. The molecule has 0 aliphatic carbocycles. The third-order valence-corrected chi connectivity index (χ3v) is 9.01. The van der Waals surface area contributed by atoms with E-state index in [4.69, 9.17) is 9.40 Å². The quantitative estimate of drug-likeness (QED) is 0.111. The molecule has 41 heavy (non-hydrogen) atoms. The predicted octanol–water partition coefficient (Wildman–Crippen LogP) is 10.3. The van der Waals surface area contributed by atoms with Crippen molar-refractivity contribution < 1.29 is 34.4 Å². The number of pyridine rings is 1. The number of carbonyl (C=O) groups is 1. The summed E-state index contributed by atoms with van der Waals surface area (Å²) >= 11 is 0. The monoisotopic (exact) mass is 733 g/mol. The molecule has 0 saturated carbocycles. The summed E-state index contributed by atoms with van der Waals surface area (Å²) in [4.78, 5) is 17.1. The second-order valence-electron chi connectivity index (χ2n) is 11.6. The number of carbonyl (C=O) groups excluding carboxylic acids is 1. The Labute approximate surface area is 260 Å². The van der Waals surface area contributed by atoms with Crippen molar-refractivity contribution >= 4 is 27.7 Å². The largest absolute Gasteiger partial charge is 0.512 e. The summed E-state index contributed by atoms with van der Waals surface area (Å²) < 4.78 is 6.08. The molecule has 2 heterocycles. The van der Waals surface area contributed by atoms with Crippen LogP contribution in [0.3, 0.4) is 0 Å². The van der Waals surface area contributed by atoms with Crippen molar-refractivity contribution in [2.45, 2.75) is 94.9 Å². The number of rotatable bonds is 8. The molecule has 2 aromatic heterocycles. The SMILES string of the molecule is CCC(C)(CC)C(=O)/C=C(\O)C(C)(CC)CC.Cc1[c-]c(-c2nc3ccccc3c3oc(C)c(C)c23)cc(C)c1.[Ir]. The normalized spacial score (nSPS) is 12.2. The van der Waals surface area contributed by atoms with Crippen LogP contribution in [0, 0.1) is 44.6 Å². The number of nitrogens with zero attached hydrogens (tertiary/aromatic N) is 1. The van der Waals surface area contributed by atoms with E-state index in [1.807, 2.05) is 66.7 Å². The van der Waals surface area contributed by atoms with Gasteiger partial charge in [0, 0.05) is 53.5 Å². The molecule has 2 aromatic carbocycles. The van der Waals surface area contributed by atoms with Crippen molar-refractivity contribution in [2.75, 3.05) is 0 Å². The van der Waals surface area contributed by atoms with E-state index in [2.05, 4.69) is 45.0 Å². The Balaban J connectivity index is 0.000000296. The molecule has 223 valence electrons. The number of ketones is 1. The number of fused-ring (bicyclic) bond motifs is 3. The van der Waals surface area contributed by atoms with Crippen LogP contribution in [0.25, 0.3) is 33.1 Å². The van der Waals surface area contributed by atoms with Gasteiger partial charge in [-0.05, 0) is 57.2 Å². The number of hydrogen-bond acceptors (Lipinski definition) is 4. The smallest absolute Gasteiger partial charge is 0.164 e. The zero-order valence-corrected chi connectivity index (χ0v) is 28.8. The Morgan fingerprint density at radius 3 is 2.10 bits per heavy atom. The van der Waals surface area contributed by atoms with E-state index in [0.717, 1.165) is 75.7 Å². The van der Waals surface area contributed by atoms with Gasteiger partial charge >= 0.3 is 0 Å². The fourth-order valence-corrected chi connectivity index (χ4v) is 4.94. The van der Waals surface area contributed by atoms with Gasteiger partial charge in [-0.1, -0.05) is 67.5 Å². The molecule has 0 unspecified atom stereocenters. The minimum absolute atomic E-state index is 0. The number of aryl methyl sites for hydroxylation is 4. The van der Waals surface area contributed by atoms with E-state index in [0.29, 0.717) is 0 Å². The first-order valence-electron chi connectivity index (χ1n) is 14.6. The van der Waals surface area contributed by atoms with E-state index in [1.54, 1.807) is 0 Å². The molecule has 0 amide bonds. The molecular weight excluding hydrogens is 687 g/mol. The Bertz CT molecular complexity index is 1520. The van der Waals surface area contributed by atoms with Crippen molar-refractivity contribution in [3.8, 4) is 11.3 Å². The third kappa shape index (κ3) is 7.19. The van der Waals surface area contributed by atoms with Crippen molar-refractivity contribution in [1.82, 2.24) is 4.98 Å². The van der Waals surface area contributed by atoms with Crippen molar-refractivity contribution in [3.63, 3.8) is 0 Å². The summed E-state index contributed by atoms with van der Waals surface area (Å²) in [6.45, 7) is 20.4. The molecule has 0 spiro atoms. The molecule has 0 atom stereocenters. The van der Waals surface area contributed by atoms with Crippen LogP contribution >= 0.6 is 0 Å². The molecule has 4 rings (SSSR count). The van der Waals surface area contributed by atoms with Gasteiger partial charge in [-0.3, -0.25) is 9.78 Å². The number of aromatic nitrogens is 1. The van der Waals surface area contributed by atoms with Crippen molar-refractivity contribution in [2.24, 2.45) is 10.8 Å². The Kier molecular flexibility index (Phi) is 11.7. The minimum atomic E-state index is -0.337. The van der Waals surface area contributed by atoms with Crippen LogP contribution in [-0.4, -0.2) is 15.9 Å². The molecule has 0 aliphatic rings. The maximum Gasteiger partial charge on any atom is 0.164 e. The fraction of sp³-hybridized carbons (Fsp3) is 0.444. The summed E-state index contributed by atoms with van der Waals surface area (Å²) in [5.74, 6) is 1.23. The van der Waals surface area contributed by atoms with Crippen molar-refractivity contribution in [3.05, 3.63) is 76.8 Å². The van der Waals surface area contributed by atoms with Gasteiger partial charge in [0.25, 0.3) is 0 Å². The predicted molar refractivity (Wildman–Crippen MR) is 168 cm³/mol. The van der Waals surface area contributed by atoms with Gasteiger partial charge in [-0.25, -0.2) is 0 Å². The van der Waals surface area contributed by atoms with Gasteiger partial charge in [-0.15, -0.1) is 34.9 Å². The van der Waals surface area contributed by atoms with Gasteiger partial charge in [0.15, 0.2) is 5.78 Å². The first-order valence-corrected chi connectivity index (χ1v) is 14.6. The number of furan rings is 1. The molecule has 0 fully saturated rings. The summed E-state index contributed by atoms with van der Waals surface area (Å²) in [6.07, 6.45) is 4.75. The van der Waals surface area contributed by atoms with Crippen LogP contribution in [-0.2, 0) is 24.9 Å². The van der Waals surface area contributed by atoms with Gasteiger partial charge in [-0.2, -0.15) is 0 Å². The van der Waals surface area contributed by atoms with E-state index in [9.17, 15) is 9.90 Å². The molecular formula is C36H46IrNO3-. The average molecular weight is 733 g/mol. The molecule has 5 heteroatoms. The number of benzene rings is 2. The van der Waals surface area contributed by atoms with Crippen LogP contribution in [0.1, 0.15) is 89.7 Å². The summed E-state index contributed by atoms with van der Waals surface area (Å²) in [5, 5.41) is 12.3. The summed E-state index contributed by atoms with van der Waals surface area (Å²) in [5.41, 5.74) is 6.76. The molecule has 0 bridgehead atoms.